The molecule has 1 rings (SSSR count). The number of rotatable bonds is 1. The predicted molar refractivity (Wildman–Crippen MR) is 38.1 cm³/mol. The lowest BCUT2D eigenvalue weighted by molar-refractivity contribution is 0.565. The van der Waals surface area contributed by atoms with E-state index in [0.29, 0.717) is 10.7 Å². The third kappa shape index (κ3) is 1.69. The van der Waals surface area contributed by atoms with Gasteiger partial charge in [-0.25, -0.2) is 4.79 Å². The zero-order chi connectivity index (χ0) is 7.40. The number of halogens is 1. The van der Waals surface area contributed by atoms with E-state index >= 15 is 0 Å². The van der Waals surface area contributed by atoms with Crippen molar-refractivity contribution < 1.29 is 4.79 Å². The summed E-state index contributed by atoms with van der Waals surface area (Å²) in [5.74, 6) is 0. The summed E-state index contributed by atoms with van der Waals surface area (Å²) in [7, 11) is 0. The summed E-state index contributed by atoms with van der Waals surface area (Å²) in [6, 6.07) is 7.42. The predicted octanol–water partition coefficient (Wildman–Crippen LogP) is 2.11. The van der Waals surface area contributed by atoms with E-state index in [9.17, 15) is 4.79 Å². The van der Waals surface area contributed by atoms with Crippen molar-refractivity contribution in [3.05, 3.63) is 29.3 Å². The molecule has 49 valence electrons. The zero-order valence-electron chi connectivity index (χ0n) is 4.97. The minimum absolute atomic E-state index is 0.504. The third-order valence-corrected chi connectivity index (χ3v) is 1.17. The zero-order valence-corrected chi connectivity index (χ0v) is 5.72. The molecule has 1 aromatic rings. The van der Waals surface area contributed by atoms with Crippen molar-refractivity contribution in [1.82, 2.24) is 0 Å². The summed E-state index contributed by atoms with van der Waals surface area (Å²) in [5, 5.41) is 0.504. The quantitative estimate of drug-likeness (QED) is 0.448. The molecular weight excluding hydrogens is 150 g/mol. The van der Waals surface area contributed by atoms with Crippen LogP contribution in [0.4, 0.5) is 5.69 Å². The van der Waals surface area contributed by atoms with Crippen LogP contribution >= 0.6 is 11.6 Å². The van der Waals surface area contributed by atoms with Gasteiger partial charge >= 0.3 is 0 Å². The molecule has 0 spiro atoms. The highest BCUT2D eigenvalue weighted by molar-refractivity contribution is 6.30. The molecule has 2 nitrogen and oxygen atoms in total. The minimum atomic E-state index is 0.504. The largest absolute Gasteiger partial charge is 0.240 e. The first-order chi connectivity index (χ1) is 4.83. The van der Waals surface area contributed by atoms with Gasteiger partial charge in [0.1, 0.15) is 0 Å². The van der Waals surface area contributed by atoms with Gasteiger partial charge in [0.05, 0.1) is 5.69 Å². The smallest absolute Gasteiger partial charge is 0.211 e. The molecule has 0 aliphatic rings. The summed E-state index contributed by atoms with van der Waals surface area (Å²) in [6.45, 7) is 0. The molecule has 0 fully saturated rings. The van der Waals surface area contributed by atoms with Gasteiger partial charge in [-0.2, -0.15) is 4.99 Å². The molecule has 0 amide bonds. The van der Waals surface area contributed by atoms with Crippen molar-refractivity contribution >= 4 is 23.4 Å². The molecule has 0 unspecified atom stereocenters. The Morgan fingerprint density at radius 3 is 2.90 bits per heavy atom. The normalized spacial score (nSPS) is 8.50. The summed E-state index contributed by atoms with van der Waals surface area (Å²) in [5.41, 5.74) is 0.513. The molecule has 0 atom stereocenters. The highest BCUT2D eigenvalue weighted by atomic mass is 35.5. The Kier molecular flexibility index (Phi) is 2.21. The Balaban J connectivity index is 3.00. The van der Waals surface area contributed by atoms with Crippen LogP contribution in [0.3, 0.4) is 0 Å². The second-order valence-electron chi connectivity index (χ2n) is 1.60. The van der Waals surface area contributed by atoms with Crippen molar-refractivity contribution in [2.45, 2.75) is 0 Å². The lowest BCUT2D eigenvalue weighted by atomic mass is 10.3. The molecule has 0 saturated carbocycles. The van der Waals surface area contributed by atoms with Gasteiger partial charge in [-0.15, -0.1) is 0 Å². The third-order valence-electron chi connectivity index (χ3n) is 0.933. The second kappa shape index (κ2) is 3.16. The van der Waals surface area contributed by atoms with Crippen molar-refractivity contribution in [2.75, 3.05) is 0 Å². The van der Waals surface area contributed by atoms with Crippen LogP contribution in [0.15, 0.2) is 23.2 Å². The molecule has 10 heavy (non-hydrogen) atoms. The van der Waals surface area contributed by atoms with E-state index in [-0.39, 0.29) is 0 Å². The number of carbonyl (C=O) groups excluding carboxylic acids is 1. The van der Waals surface area contributed by atoms with E-state index in [2.05, 4.69) is 11.1 Å². The summed E-state index contributed by atoms with van der Waals surface area (Å²) < 4.78 is 0. The molecular formula is C7H3ClNO. The highest BCUT2D eigenvalue weighted by Crippen LogP contribution is 2.14. The molecule has 0 N–H and O–H groups in total. The maximum atomic E-state index is 9.72. The van der Waals surface area contributed by atoms with Gasteiger partial charge in [0, 0.05) is 11.1 Å². The van der Waals surface area contributed by atoms with E-state index in [1.807, 2.05) is 0 Å². The Hall–Kier alpha value is -1.11. The van der Waals surface area contributed by atoms with E-state index in [1.54, 1.807) is 12.1 Å². The van der Waals surface area contributed by atoms with Crippen molar-refractivity contribution in [1.29, 1.82) is 0 Å². The van der Waals surface area contributed by atoms with E-state index < -0.39 is 0 Å². The summed E-state index contributed by atoms with van der Waals surface area (Å²) >= 11 is 5.52. The summed E-state index contributed by atoms with van der Waals surface area (Å²) in [4.78, 5) is 13.1. The molecule has 0 heterocycles. The average molecular weight is 153 g/mol. The number of hydrogen-bond donors (Lipinski definition) is 0. The van der Waals surface area contributed by atoms with Crippen LogP contribution in [0.5, 0.6) is 0 Å². The van der Waals surface area contributed by atoms with Crippen LogP contribution in [0, 0.1) is 6.07 Å². The Labute approximate surface area is 63.2 Å². The Bertz CT molecular complexity index is 261. The molecule has 0 saturated heterocycles. The number of isocyanates is 1. The van der Waals surface area contributed by atoms with Crippen LogP contribution in [0.1, 0.15) is 0 Å². The van der Waals surface area contributed by atoms with Gasteiger partial charge in [-0.3, -0.25) is 0 Å². The topological polar surface area (TPSA) is 29.4 Å². The van der Waals surface area contributed by atoms with E-state index in [4.69, 9.17) is 11.6 Å². The van der Waals surface area contributed by atoms with Gasteiger partial charge < -0.3 is 0 Å². The maximum absolute atomic E-state index is 9.72. The van der Waals surface area contributed by atoms with E-state index in [0.717, 1.165) is 0 Å². The standard InChI is InChI=1S/C7H3ClNO/c8-6-1-3-7(4-2-6)9-5-10/h1,3-4H. The Morgan fingerprint density at radius 2 is 2.40 bits per heavy atom. The molecule has 0 bridgehead atoms. The molecule has 0 aliphatic carbocycles. The fourth-order valence-corrected chi connectivity index (χ4v) is 0.637. The van der Waals surface area contributed by atoms with Gasteiger partial charge in [0.25, 0.3) is 0 Å². The lowest BCUT2D eigenvalue weighted by Crippen LogP contribution is -1.63. The summed E-state index contributed by atoms with van der Waals surface area (Å²) in [6.07, 6.45) is 1.42. The number of benzene rings is 1. The first-order valence-corrected chi connectivity index (χ1v) is 2.96. The fraction of sp³-hybridized carbons (Fsp3) is 0. The fourth-order valence-electron chi connectivity index (χ4n) is 0.520. The Morgan fingerprint density at radius 1 is 1.60 bits per heavy atom. The van der Waals surface area contributed by atoms with Crippen LogP contribution < -0.4 is 0 Å². The van der Waals surface area contributed by atoms with Crippen LogP contribution in [0.25, 0.3) is 0 Å². The molecule has 1 aromatic carbocycles. The lowest BCUT2D eigenvalue weighted by Gasteiger charge is -1.87. The minimum Gasteiger partial charge on any atom is -0.211 e. The first kappa shape index (κ1) is 7.00. The van der Waals surface area contributed by atoms with Gasteiger partial charge in [0.2, 0.25) is 6.08 Å². The van der Waals surface area contributed by atoms with E-state index in [1.165, 1.54) is 12.1 Å². The SMILES string of the molecule is O=C=Nc1c[c]c(Cl)cc1. The number of aliphatic imine (C=N–C) groups is 1. The molecule has 3 heteroatoms. The number of hydrogen-bond acceptors (Lipinski definition) is 2. The van der Waals surface area contributed by atoms with Gasteiger partial charge in [0.15, 0.2) is 0 Å². The monoisotopic (exact) mass is 152 g/mol. The van der Waals surface area contributed by atoms with Crippen LogP contribution in [0.2, 0.25) is 5.02 Å². The van der Waals surface area contributed by atoms with Crippen molar-refractivity contribution in [2.24, 2.45) is 4.99 Å². The average Bonchev–Trinajstić information content (AvgIpc) is 1.95. The van der Waals surface area contributed by atoms with Gasteiger partial charge in [-0.05, 0) is 18.2 Å². The molecule has 0 aliphatic heterocycles. The maximum Gasteiger partial charge on any atom is 0.240 e. The highest BCUT2D eigenvalue weighted by Gasteiger charge is 1.87. The van der Waals surface area contributed by atoms with Crippen LogP contribution in [-0.2, 0) is 4.79 Å². The van der Waals surface area contributed by atoms with Crippen molar-refractivity contribution in [3.63, 3.8) is 0 Å². The molecule has 0 aromatic heterocycles. The number of nitrogens with zero attached hydrogens (tertiary/aromatic N) is 1. The van der Waals surface area contributed by atoms with Crippen molar-refractivity contribution in [3.8, 4) is 0 Å². The van der Waals surface area contributed by atoms with Gasteiger partial charge in [-0.1, -0.05) is 11.6 Å². The second-order valence-corrected chi connectivity index (χ2v) is 2.01. The molecule has 1 radical (unpaired) electrons. The first-order valence-electron chi connectivity index (χ1n) is 2.58. The van der Waals surface area contributed by atoms with Crippen LogP contribution in [-0.4, -0.2) is 6.08 Å².